The van der Waals surface area contributed by atoms with Crippen LogP contribution in [0.3, 0.4) is 0 Å². The molecule has 0 saturated carbocycles. The molecule has 7 nitrogen and oxygen atoms in total. The van der Waals surface area contributed by atoms with Gasteiger partial charge in [0.15, 0.2) is 5.11 Å². The number of nitrogens with one attached hydrogen (secondary N) is 1. The summed E-state index contributed by atoms with van der Waals surface area (Å²) in [4.78, 5) is 36.0. The number of carbonyl (C=O) groups is 3. The van der Waals surface area contributed by atoms with E-state index in [1.165, 1.54) is 14.2 Å². The molecule has 8 heteroatoms. The van der Waals surface area contributed by atoms with E-state index >= 15 is 0 Å². The van der Waals surface area contributed by atoms with Gasteiger partial charge in [0.25, 0.3) is 5.91 Å². The second-order valence-electron chi connectivity index (χ2n) is 4.57. The van der Waals surface area contributed by atoms with Crippen molar-refractivity contribution >= 4 is 41.3 Å². The van der Waals surface area contributed by atoms with Crippen molar-refractivity contribution in [2.24, 2.45) is 0 Å². The summed E-state index contributed by atoms with van der Waals surface area (Å²) >= 11 is 5.03. The minimum atomic E-state index is -0.564. The largest absolute Gasteiger partial charge is 0.468 e. The number of esters is 2. The summed E-state index contributed by atoms with van der Waals surface area (Å²) in [5.41, 5.74) is 1.34. The Hall–Kier alpha value is -2.74. The van der Waals surface area contributed by atoms with Crippen molar-refractivity contribution < 1.29 is 23.9 Å². The smallest absolute Gasteiger partial charge is 0.337 e. The third kappa shape index (κ3) is 3.72. The van der Waals surface area contributed by atoms with Crippen molar-refractivity contribution in [1.82, 2.24) is 10.2 Å². The number of benzene rings is 1. The van der Waals surface area contributed by atoms with Gasteiger partial charge in [0, 0.05) is 0 Å². The molecular weight excluding hydrogens is 320 g/mol. The summed E-state index contributed by atoms with van der Waals surface area (Å²) in [6, 6.07) is 6.50. The Labute approximate surface area is 137 Å². The van der Waals surface area contributed by atoms with Crippen molar-refractivity contribution in [1.29, 1.82) is 0 Å². The van der Waals surface area contributed by atoms with Gasteiger partial charge in [0.1, 0.15) is 12.2 Å². The second-order valence-corrected chi connectivity index (χ2v) is 4.96. The lowest BCUT2D eigenvalue weighted by molar-refractivity contribution is -0.143. The first-order valence-electron chi connectivity index (χ1n) is 6.56. The molecule has 0 atom stereocenters. The maximum atomic E-state index is 12.2. The van der Waals surface area contributed by atoms with Crippen molar-refractivity contribution in [2.45, 2.75) is 0 Å². The second kappa shape index (κ2) is 7.01. The molecule has 120 valence electrons. The molecule has 1 amide bonds. The molecule has 1 aromatic carbocycles. The summed E-state index contributed by atoms with van der Waals surface area (Å²) in [5.74, 6) is -1.42. The van der Waals surface area contributed by atoms with E-state index in [1.54, 1.807) is 30.3 Å². The third-order valence-corrected chi connectivity index (χ3v) is 3.44. The molecule has 2 rings (SSSR count). The van der Waals surface area contributed by atoms with E-state index in [0.717, 1.165) is 4.90 Å². The monoisotopic (exact) mass is 334 g/mol. The average Bonchev–Trinajstić information content (AvgIpc) is 2.82. The van der Waals surface area contributed by atoms with Gasteiger partial charge in [0.2, 0.25) is 0 Å². The van der Waals surface area contributed by atoms with Crippen LogP contribution in [0.5, 0.6) is 0 Å². The van der Waals surface area contributed by atoms with Gasteiger partial charge in [-0.15, -0.1) is 0 Å². The van der Waals surface area contributed by atoms with E-state index in [9.17, 15) is 14.4 Å². The maximum absolute atomic E-state index is 12.2. The lowest BCUT2D eigenvalue weighted by Crippen LogP contribution is -2.35. The summed E-state index contributed by atoms with van der Waals surface area (Å²) in [7, 11) is 2.54. The Morgan fingerprint density at radius 3 is 2.43 bits per heavy atom. The highest BCUT2D eigenvalue weighted by molar-refractivity contribution is 7.80. The van der Waals surface area contributed by atoms with Crippen LogP contribution in [0.2, 0.25) is 0 Å². The fraction of sp³-hybridized carbons (Fsp3) is 0.200. The number of thiocarbonyl (C=S) groups is 1. The van der Waals surface area contributed by atoms with Crippen LogP contribution in [0.15, 0.2) is 30.0 Å². The van der Waals surface area contributed by atoms with E-state index in [-0.39, 0.29) is 17.4 Å². The van der Waals surface area contributed by atoms with Crippen molar-refractivity contribution in [3.8, 4) is 0 Å². The number of methoxy groups -OCH3 is 2. The number of carbonyl (C=O) groups excluding carboxylic acids is 3. The number of hydrogen-bond acceptors (Lipinski definition) is 6. The topological polar surface area (TPSA) is 84.9 Å². The van der Waals surface area contributed by atoms with Crippen molar-refractivity contribution in [3.63, 3.8) is 0 Å². The van der Waals surface area contributed by atoms with Crippen LogP contribution in [0.4, 0.5) is 0 Å². The zero-order valence-corrected chi connectivity index (χ0v) is 13.3. The van der Waals surface area contributed by atoms with E-state index in [4.69, 9.17) is 12.2 Å². The van der Waals surface area contributed by atoms with E-state index in [2.05, 4.69) is 14.8 Å². The van der Waals surface area contributed by atoms with Crippen LogP contribution >= 0.6 is 12.2 Å². The Morgan fingerprint density at radius 2 is 1.87 bits per heavy atom. The van der Waals surface area contributed by atoms with Gasteiger partial charge >= 0.3 is 11.9 Å². The Morgan fingerprint density at radius 1 is 1.22 bits per heavy atom. The molecular formula is C15H14N2O5S. The molecule has 0 radical (unpaired) electrons. The molecule has 1 aliphatic heterocycles. The molecule has 1 aliphatic rings. The molecule has 23 heavy (non-hydrogen) atoms. The SMILES string of the molecule is COC(=O)CN1C(=O)/C(=C/c2ccc(C(=O)OC)cc2)NC1=S. The fourth-order valence-electron chi connectivity index (χ4n) is 1.91. The molecule has 0 spiro atoms. The van der Waals surface area contributed by atoms with Gasteiger partial charge < -0.3 is 14.8 Å². The zero-order chi connectivity index (χ0) is 17.0. The summed E-state index contributed by atoms with van der Waals surface area (Å²) in [6.45, 7) is -0.250. The summed E-state index contributed by atoms with van der Waals surface area (Å²) < 4.78 is 9.14. The molecule has 0 aromatic heterocycles. The first kappa shape index (κ1) is 16.6. The average molecular weight is 334 g/mol. The first-order chi connectivity index (χ1) is 11.0. The van der Waals surface area contributed by atoms with Crippen LogP contribution in [-0.2, 0) is 19.1 Å². The third-order valence-electron chi connectivity index (χ3n) is 3.12. The molecule has 1 fully saturated rings. The van der Waals surface area contributed by atoms with Gasteiger partial charge in [-0.25, -0.2) is 4.79 Å². The minimum Gasteiger partial charge on any atom is -0.468 e. The minimum absolute atomic E-state index is 0.137. The van der Waals surface area contributed by atoms with Gasteiger partial charge in [-0.1, -0.05) is 12.1 Å². The lowest BCUT2D eigenvalue weighted by Gasteiger charge is -2.11. The van der Waals surface area contributed by atoms with Gasteiger partial charge in [-0.3, -0.25) is 14.5 Å². The Bertz CT molecular complexity index is 696. The van der Waals surface area contributed by atoms with E-state index in [1.807, 2.05) is 0 Å². The number of ether oxygens (including phenoxy) is 2. The number of nitrogens with zero attached hydrogens (tertiary/aromatic N) is 1. The molecule has 1 saturated heterocycles. The molecule has 0 unspecified atom stereocenters. The standard InChI is InChI=1S/C15H14N2O5S/c1-21-12(18)8-17-13(19)11(16-15(17)23)7-9-3-5-10(6-4-9)14(20)22-2/h3-7H,8H2,1-2H3,(H,16,23)/b11-7-. The first-order valence-corrected chi connectivity index (χ1v) is 6.97. The van der Waals surface area contributed by atoms with Crippen molar-refractivity contribution in [2.75, 3.05) is 20.8 Å². The van der Waals surface area contributed by atoms with Crippen molar-refractivity contribution in [3.05, 3.63) is 41.1 Å². The molecule has 1 heterocycles. The van der Waals surface area contributed by atoms with Crippen LogP contribution < -0.4 is 5.32 Å². The normalized spacial score (nSPS) is 15.6. The van der Waals surface area contributed by atoms with E-state index in [0.29, 0.717) is 11.1 Å². The molecule has 1 N–H and O–H groups in total. The highest BCUT2D eigenvalue weighted by Gasteiger charge is 2.32. The highest BCUT2D eigenvalue weighted by atomic mass is 32.1. The van der Waals surface area contributed by atoms with Gasteiger partial charge in [-0.05, 0) is 36.0 Å². The van der Waals surface area contributed by atoms with E-state index < -0.39 is 17.8 Å². The lowest BCUT2D eigenvalue weighted by atomic mass is 10.1. The van der Waals surface area contributed by atoms with Crippen LogP contribution in [0.1, 0.15) is 15.9 Å². The molecule has 1 aromatic rings. The van der Waals surface area contributed by atoms with Gasteiger partial charge in [-0.2, -0.15) is 0 Å². The number of hydrogen-bond donors (Lipinski definition) is 1. The maximum Gasteiger partial charge on any atom is 0.337 e. The van der Waals surface area contributed by atoms with Crippen LogP contribution in [-0.4, -0.2) is 48.6 Å². The zero-order valence-electron chi connectivity index (χ0n) is 12.5. The fourth-order valence-corrected chi connectivity index (χ4v) is 2.17. The number of rotatable bonds is 4. The molecule has 0 bridgehead atoms. The number of amides is 1. The quantitative estimate of drug-likeness (QED) is 0.493. The predicted octanol–water partition coefficient (Wildman–Crippen LogP) is 0.704. The van der Waals surface area contributed by atoms with Crippen LogP contribution in [0.25, 0.3) is 6.08 Å². The highest BCUT2D eigenvalue weighted by Crippen LogP contribution is 2.15. The van der Waals surface area contributed by atoms with Crippen LogP contribution in [0, 0.1) is 0 Å². The molecule has 0 aliphatic carbocycles. The Kier molecular flexibility index (Phi) is 5.07. The predicted molar refractivity (Wildman–Crippen MR) is 85.2 cm³/mol. The summed E-state index contributed by atoms with van der Waals surface area (Å²) in [5, 5.41) is 2.89. The Balaban J connectivity index is 2.17. The van der Waals surface area contributed by atoms with Gasteiger partial charge in [0.05, 0.1) is 19.8 Å². The summed E-state index contributed by atoms with van der Waals surface area (Å²) in [6.07, 6.45) is 1.58.